The highest BCUT2D eigenvalue weighted by atomic mass is 35.5. The van der Waals surface area contributed by atoms with Crippen LogP contribution in [0.15, 0.2) is 18.2 Å². The van der Waals surface area contributed by atoms with Crippen LogP contribution >= 0.6 is 11.6 Å². The minimum Gasteiger partial charge on any atom is -0.495 e. The Balaban J connectivity index is 2.11. The predicted molar refractivity (Wildman–Crippen MR) is 82.2 cm³/mol. The van der Waals surface area contributed by atoms with E-state index in [4.69, 9.17) is 16.3 Å². The van der Waals surface area contributed by atoms with Gasteiger partial charge in [0.1, 0.15) is 5.75 Å². The van der Waals surface area contributed by atoms with Gasteiger partial charge in [-0.15, -0.1) is 0 Å². The van der Waals surface area contributed by atoms with Gasteiger partial charge in [-0.3, -0.25) is 0 Å². The van der Waals surface area contributed by atoms with Gasteiger partial charge in [0.15, 0.2) is 0 Å². The Morgan fingerprint density at radius 3 is 2.74 bits per heavy atom. The van der Waals surface area contributed by atoms with Crippen molar-refractivity contribution in [3.63, 3.8) is 0 Å². The van der Waals surface area contributed by atoms with Crippen molar-refractivity contribution in [3.8, 4) is 5.75 Å². The van der Waals surface area contributed by atoms with Crippen molar-refractivity contribution < 1.29 is 4.74 Å². The molecule has 0 radical (unpaired) electrons. The summed E-state index contributed by atoms with van der Waals surface area (Å²) in [5.41, 5.74) is 1.47. The molecular formula is C16H24ClNO. The van der Waals surface area contributed by atoms with Gasteiger partial charge in [-0.25, -0.2) is 0 Å². The van der Waals surface area contributed by atoms with E-state index in [-0.39, 0.29) is 0 Å². The van der Waals surface area contributed by atoms with Crippen LogP contribution in [0.1, 0.15) is 40.0 Å². The van der Waals surface area contributed by atoms with E-state index in [1.807, 2.05) is 18.2 Å². The van der Waals surface area contributed by atoms with Crippen molar-refractivity contribution >= 4 is 17.3 Å². The summed E-state index contributed by atoms with van der Waals surface area (Å²) in [4.78, 5) is 0. The third-order valence-electron chi connectivity index (χ3n) is 4.20. The zero-order valence-electron chi connectivity index (χ0n) is 12.3. The van der Waals surface area contributed by atoms with Gasteiger partial charge in [0, 0.05) is 11.1 Å². The van der Waals surface area contributed by atoms with Crippen molar-refractivity contribution in [2.75, 3.05) is 12.4 Å². The van der Waals surface area contributed by atoms with Gasteiger partial charge in [0.05, 0.1) is 12.8 Å². The van der Waals surface area contributed by atoms with Crippen molar-refractivity contribution in [2.45, 2.75) is 46.1 Å². The molecule has 19 heavy (non-hydrogen) atoms. The normalized spacial score (nSPS) is 25.9. The topological polar surface area (TPSA) is 21.3 Å². The van der Waals surface area contributed by atoms with E-state index in [9.17, 15) is 0 Å². The Labute approximate surface area is 121 Å². The summed E-state index contributed by atoms with van der Waals surface area (Å²) in [5.74, 6) is 1.52. The quantitative estimate of drug-likeness (QED) is 0.844. The van der Waals surface area contributed by atoms with Crippen molar-refractivity contribution in [1.29, 1.82) is 0 Å². The van der Waals surface area contributed by atoms with Crippen LogP contribution in [-0.4, -0.2) is 13.2 Å². The molecule has 2 unspecified atom stereocenters. The zero-order valence-corrected chi connectivity index (χ0v) is 13.1. The smallest absolute Gasteiger partial charge is 0.142 e. The molecule has 1 N–H and O–H groups in total. The molecule has 2 atom stereocenters. The summed E-state index contributed by atoms with van der Waals surface area (Å²) in [5, 5.41) is 4.36. The average Bonchev–Trinajstić information content (AvgIpc) is 2.32. The van der Waals surface area contributed by atoms with Crippen LogP contribution in [0.4, 0.5) is 5.69 Å². The Bertz CT molecular complexity index is 444. The molecule has 1 aliphatic rings. The van der Waals surface area contributed by atoms with Crippen LogP contribution in [0.25, 0.3) is 0 Å². The Morgan fingerprint density at radius 2 is 2.11 bits per heavy atom. The molecular weight excluding hydrogens is 258 g/mol. The first-order valence-corrected chi connectivity index (χ1v) is 7.39. The number of ether oxygens (including phenoxy) is 1. The molecule has 2 rings (SSSR count). The molecule has 0 amide bonds. The highest BCUT2D eigenvalue weighted by molar-refractivity contribution is 6.30. The van der Waals surface area contributed by atoms with Crippen LogP contribution in [-0.2, 0) is 0 Å². The largest absolute Gasteiger partial charge is 0.495 e. The summed E-state index contributed by atoms with van der Waals surface area (Å²) >= 11 is 6.08. The summed E-state index contributed by atoms with van der Waals surface area (Å²) in [6.07, 6.45) is 3.72. The third-order valence-corrected chi connectivity index (χ3v) is 4.43. The predicted octanol–water partition coefficient (Wildman–Crippen LogP) is 4.98. The number of benzene rings is 1. The van der Waals surface area contributed by atoms with Gasteiger partial charge in [-0.2, -0.15) is 0 Å². The van der Waals surface area contributed by atoms with Crippen LogP contribution in [0.5, 0.6) is 5.75 Å². The number of hydrogen-bond donors (Lipinski definition) is 1. The van der Waals surface area contributed by atoms with Gasteiger partial charge in [-0.05, 0) is 48.8 Å². The van der Waals surface area contributed by atoms with Crippen molar-refractivity contribution in [3.05, 3.63) is 23.2 Å². The first-order valence-electron chi connectivity index (χ1n) is 7.01. The maximum atomic E-state index is 6.08. The fraction of sp³-hybridized carbons (Fsp3) is 0.625. The third kappa shape index (κ3) is 3.56. The van der Waals surface area contributed by atoms with E-state index < -0.39 is 0 Å². The fourth-order valence-corrected chi connectivity index (χ4v) is 3.33. The van der Waals surface area contributed by atoms with E-state index in [0.717, 1.165) is 16.5 Å². The average molecular weight is 282 g/mol. The second-order valence-corrected chi connectivity index (χ2v) is 6.92. The lowest BCUT2D eigenvalue weighted by Crippen LogP contribution is -2.36. The van der Waals surface area contributed by atoms with Crippen molar-refractivity contribution in [1.82, 2.24) is 0 Å². The number of nitrogens with one attached hydrogen (secondary N) is 1. The molecule has 3 heteroatoms. The van der Waals surface area contributed by atoms with Gasteiger partial charge < -0.3 is 10.1 Å². The van der Waals surface area contributed by atoms with E-state index in [2.05, 4.69) is 26.1 Å². The number of methoxy groups -OCH3 is 1. The summed E-state index contributed by atoms with van der Waals surface area (Å²) < 4.78 is 5.40. The number of anilines is 1. The molecule has 106 valence electrons. The molecule has 1 aliphatic carbocycles. The lowest BCUT2D eigenvalue weighted by atomic mass is 9.70. The number of halogens is 1. The summed E-state index contributed by atoms with van der Waals surface area (Å²) in [7, 11) is 1.70. The molecule has 2 nitrogen and oxygen atoms in total. The van der Waals surface area contributed by atoms with Crippen LogP contribution in [0.3, 0.4) is 0 Å². The van der Waals surface area contributed by atoms with Crippen LogP contribution < -0.4 is 10.1 Å². The SMILES string of the molecule is COc1ccc(Cl)cc1NC1CCC(C)(C)CC1C. The lowest BCUT2D eigenvalue weighted by Gasteiger charge is -2.40. The molecule has 0 aliphatic heterocycles. The maximum absolute atomic E-state index is 6.08. The highest BCUT2D eigenvalue weighted by Gasteiger charge is 2.32. The number of hydrogen-bond acceptors (Lipinski definition) is 2. The second-order valence-electron chi connectivity index (χ2n) is 6.48. The first-order chi connectivity index (χ1) is 8.91. The van der Waals surface area contributed by atoms with E-state index in [0.29, 0.717) is 17.4 Å². The summed E-state index contributed by atoms with van der Waals surface area (Å²) in [6.45, 7) is 7.05. The molecule has 1 aromatic rings. The molecule has 1 saturated carbocycles. The molecule has 1 fully saturated rings. The first kappa shape index (κ1) is 14.5. The van der Waals surface area contributed by atoms with E-state index >= 15 is 0 Å². The molecule has 0 spiro atoms. The minimum atomic E-state index is 0.468. The van der Waals surface area contributed by atoms with Gasteiger partial charge in [0.2, 0.25) is 0 Å². The standard InChI is InChI=1S/C16H24ClNO/c1-11-10-16(2,3)8-7-13(11)18-14-9-12(17)5-6-15(14)19-4/h5-6,9,11,13,18H,7-8,10H2,1-4H3. The van der Waals surface area contributed by atoms with Crippen LogP contribution in [0.2, 0.25) is 5.02 Å². The minimum absolute atomic E-state index is 0.468. The molecule has 0 heterocycles. The Kier molecular flexibility index (Phi) is 4.29. The highest BCUT2D eigenvalue weighted by Crippen LogP contribution is 2.40. The Morgan fingerprint density at radius 1 is 1.37 bits per heavy atom. The maximum Gasteiger partial charge on any atom is 0.142 e. The molecule has 1 aromatic carbocycles. The summed E-state index contributed by atoms with van der Waals surface area (Å²) in [6, 6.07) is 6.23. The monoisotopic (exact) mass is 281 g/mol. The van der Waals surface area contributed by atoms with E-state index in [1.165, 1.54) is 19.3 Å². The molecule has 0 saturated heterocycles. The van der Waals surface area contributed by atoms with Gasteiger partial charge >= 0.3 is 0 Å². The van der Waals surface area contributed by atoms with Crippen LogP contribution in [0, 0.1) is 11.3 Å². The molecule has 0 bridgehead atoms. The van der Waals surface area contributed by atoms with Crippen molar-refractivity contribution in [2.24, 2.45) is 11.3 Å². The van der Waals surface area contributed by atoms with E-state index in [1.54, 1.807) is 7.11 Å². The van der Waals surface area contributed by atoms with Gasteiger partial charge in [0.25, 0.3) is 0 Å². The fourth-order valence-electron chi connectivity index (χ4n) is 3.15. The lowest BCUT2D eigenvalue weighted by molar-refractivity contribution is 0.177. The second kappa shape index (κ2) is 5.62. The molecule has 0 aromatic heterocycles. The Hall–Kier alpha value is -0.890. The van der Waals surface area contributed by atoms with Gasteiger partial charge in [-0.1, -0.05) is 32.4 Å². The number of rotatable bonds is 3. The zero-order chi connectivity index (χ0) is 14.0.